The van der Waals surface area contributed by atoms with Gasteiger partial charge in [-0.05, 0) is 45.7 Å². The summed E-state index contributed by atoms with van der Waals surface area (Å²) in [5.74, 6) is -0.341. The number of amides is 1. The van der Waals surface area contributed by atoms with Gasteiger partial charge in [0.05, 0.1) is 6.61 Å². The van der Waals surface area contributed by atoms with Crippen LogP contribution < -0.4 is 4.74 Å². The minimum Gasteiger partial charge on any atom is -0.491 e. The maximum absolute atomic E-state index is 12.9. The lowest BCUT2D eigenvalue weighted by Crippen LogP contribution is -2.44. The number of piperidine rings is 1. The van der Waals surface area contributed by atoms with Gasteiger partial charge >= 0.3 is 12.3 Å². The molecule has 2 heterocycles. The summed E-state index contributed by atoms with van der Waals surface area (Å²) in [6, 6.07) is 2.66. The minimum absolute atomic E-state index is 0.0532. The molecule has 0 aliphatic carbocycles. The standard InChI is InChI=1S/C17H23F3N2O3/c1-16(2,3)25-15(23)22-9-5-6-12(10-22)11-24-13-7-4-8-21-14(13)17(18,19)20/h4,7-8,12H,5-6,9-11H2,1-3H3/t12-/m0/s1. The number of alkyl halides is 3. The minimum atomic E-state index is -4.56. The van der Waals surface area contributed by atoms with E-state index in [0.29, 0.717) is 13.1 Å². The summed E-state index contributed by atoms with van der Waals surface area (Å²) in [5, 5.41) is 0. The normalized spacial score (nSPS) is 18.8. The predicted octanol–water partition coefficient (Wildman–Crippen LogP) is 4.13. The average Bonchev–Trinajstić information content (AvgIpc) is 2.51. The van der Waals surface area contributed by atoms with Crippen molar-refractivity contribution in [1.82, 2.24) is 9.88 Å². The molecule has 0 spiro atoms. The molecular formula is C17H23F3N2O3. The topological polar surface area (TPSA) is 51.7 Å². The first-order chi connectivity index (χ1) is 11.6. The summed E-state index contributed by atoms with van der Waals surface area (Å²) in [5.41, 5.74) is -1.62. The third-order valence-electron chi connectivity index (χ3n) is 3.68. The number of likely N-dealkylation sites (tertiary alicyclic amines) is 1. The highest BCUT2D eigenvalue weighted by Crippen LogP contribution is 2.34. The van der Waals surface area contributed by atoms with Crippen LogP contribution in [0.1, 0.15) is 39.3 Å². The van der Waals surface area contributed by atoms with Crippen molar-refractivity contribution >= 4 is 6.09 Å². The maximum Gasteiger partial charge on any atom is 0.437 e. The van der Waals surface area contributed by atoms with Crippen LogP contribution in [-0.2, 0) is 10.9 Å². The highest BCUT2D eigenvalue weighted by Gasteiger charge is 2.36. The number of ether oxygens (including phenoxy) is 2. The quantitative estimate of drug-likeness (QED) is 0.813. The molecule has 1 aliphatic heterocycles. The summed E-state index contributed by atoms with van der Waals surface area (Å²) < 4.78 is 49.5. The van der Waals surface area contributed by atoms with Gasteiger partial charge in [-0.1, -0.05) is 0 Å². The first-order valence-electron chi connectivity index (χ1n) is 8.19. The zero-order valence-corrected chi connectivity index (χ0v) is 14.6. The molecule has 0 bridgehead atoms. The smallest absolute Gasteiger partial charge is 0.437 e. The third-order valence-corrected chi connectivity index (χ3v) is 3.68. The van der Waals surface area contributed by atoms with E-state index in [4.69, 9.17) is 9.47 Å². The zero-order valence-electron chi connectivity index (χ0n) is 14.6. The van der Waals surface area contributed by atoms with E-state index in [0.717, 1.165) is 19.0 Å². The van der Waals surface area contributed by atoms with E-state index in [9.17, 15) is 18.0 Å². The monoisotopic (exact) mass is 360 g/mol. The fourth-order valence-electron chi connectivity index (χ4n) is 2.62. The van der Waals surface area contributed by atoms with Crippen LogP contribution in [0.2, 0.25) is 0 Å². The van der Waals surface area contributed by atoms with Gasteiger partial charge in [-0.3, -0.25) is 0 Å². The van der Waals surface area contributed by atoms with Gasteiger partial charge in [-0.15, -0.1) is 0 Å². The number of pyridine rings is 1. The van der Waals surface area contributed by atoms with Crippen LogP contribution in [0.4, 0.5) is 18.0 Å². The van der Waals surface area contributed by atoms with Gasteiger partial charge < -0.3 is 14.4 Å². The molecule has 5 nitrogen and oxygen atoms in total. The van der Waals surface area contributed by atoms with Gasteiger partial charge in [0.25, 0.3) is 0 Å². The largest absolute Gasteiger partial charge is 0.491 e. The highest BCUT2D eigenvalue weighted by molar-refractivity contribution is 5.68. The second-order valence-electron chi connectivity index (χ2n) is 7.09. The molecule has 140 valence electrons. The molecule has 0 unspecified atom stereocenters. The van der Waals surface area contributed by atoms with E-state index in [1.54, 1.807) is 25.7 Å². The van der Waals surface area contributed by atoms with Gasteiger partial charge in [-0.25, -0.2) is 9.78 Å². The van der Waals surface area contributed by atoms with Crippen molar-refractivity contribution in [2.24, 2.45) is 5.92 Å². The molecule has 1 fully saturated rings. The Morgan fingerprint density at radius 3 is 2.72 bits per heavy atom. The first-order valence-corrected chi connectivity index (χ1v) is 8.19. The van der Waals surface area contributed by atoms with Crippen molar-refractivity contribution in [1.29, 1.82) is 0 Å². The Labute approximate surface area is 145 Å². The van der Waals surface area contributed by atoms with Crippen molar-refractivity contribution < 1.29 is 27.4 Å². The van der Waals surface area contributed by atoms with Gasteiger partial charge in [-0.2, -0.15) is 13.2 Å². The molecule has 8 heteroatoms. The van der Waals surface area contributed by atoms with Crippen LogP contribution in [0.25, 0.3) is 0 Å². The Balaban J connectivity index is 1.95. The fraction of sp³-hybridized carbons (Fsp3) is 0.647. The molecule has 2 rings (SSSR count). The Hall–Kier alpha value is -1.99. The summed E-state index contributed by atoms with van der Waals surface area (Å²) >= 11 is 0. The van der Waals surface area contributed by atoms with E-state index in [2.05, 4.69) is 4.98 Å². The summed E-state index contributed by atoms with van der Waals surface area (Å²) in [4.78, 5) is 17.1. The molecule has 0 saturated carbocycles. The average molecular weight is 360 g/mol. The first kappa shape index (κ1) is 19.3. The summed E-state index contributed by atoms with van der Waals surface area (Å²) in [7, 11) is 0. The Kier molecular flexibility index (Phi) is 5.80. The molecule has 0 radical (unpaired) electrons. The van der Waals surface area contributed by atoms with Gasteiger partial charge in [0.2, 0.25) is 0 Å². The molecule has 0 N–H and O–H groups in total. The third kappa shape index (κ3) is 5.79. The number of aromatic nitrogens is 1. The summed E-state index contributed by atoms with van der Waals surface area (Å²) in [6.45, 7) is 6.43. The molecule has 1 aromatic rings. The van der Waals surface area contributed by atoms with Crippen LogP contribution in [-0.4, -0.2) is 41.3 Å². The highest BCUT2D eigenvalue weighted by atomic mass is 19.4. The van der Waals surface area contributed by atoms with E-state index < -0.39 is 23.6 Å². The number of hydrogen-bond donors (Lipinski definition) is 0. The van der Waals surface area contributed by atoms with Crippen LogP contribution in [0.3, 0.4) is 0 Å². The fourth-order valence-corrected chi connectivity index (χ4v) is 2.62. The number of carbonyl (C=O) groups is 1. The summed E-state index contributed by atoms with van der Waals surface area (Å²) in [6.07, 6.45) is -2.35. The molecule has 1 saturated heterocycles. The maximum atomic E-state index is 12.9. The second kappa shape index (κ2) is 7.49. The lowest BCUT2D eigenvalue weighted by Gasteiger charge is -2.34. The number of carbonyl (C=O) groups excluding carboxylic acids is 1. The number of hydrogen-bond acceptors (Lipinski definition) is 4. The number of halogens is 3. The molecular weight excluding hydrogens is 337 g/mol. The van der Waals surface area contributed by atoms with Crippen LogP contribution in [0.15, 0.2) is 18.3 Å². The van der Waals surface area contributed by atoms with Crippen LogP contribution in [0, 0.1) is 5.92 Å². The molecule has 1 atom stereocenters. The molecule has 1 aliphatic rings. The SMILES string of the molecule is CC(C)(C)OC(=O)N1CCC[C@H](COc2cccnc2C(F)(F)F)C1. The second-order valence-corrected chi connectivity index (χ2v) is 7.09. The van der Waals surface area contributed by atoms with Crippen molar-refractivity contribution in [3.8, 4) is 5.75 Å². The Bertz CT molecular complexity index is 600. The van der Waals surface area contributed by atoms with Gasteiger partial charge in [0, 0.05) is 25.2 Å². The molecule has 1 aromatic heterocycles. The molecule has 1 amide bonds. The lowest BCUT2D eigenvalue weighted by atomic mass is 9.99. The lowest BCUT2D eigenvalue weighted by molar-refractivity contribution is -0.142. The van der Waals surface area contributed by atoms with E-state index in [1.165, 1.54) is 12.1 Å². The van der Waals surface area contributed by atoms with E-state index in [-0.39, 0.29) is 18.3 Å². The number of nitrogens with zero attached hydrogens (tertiary/aromatic N) is 2. The van der Waals surface area contributed by atoms with Crippen molar-refractivity contribution in [2.45, 2.75) is 45.4 Å². The zero-order chi connectivity index (χ0) is 18.7. The van der Waals surface area contributed by atoms with Crippen molar-refractivity contribution in [3.63, 3.8) is 0 Å². The number of rotatable bonds is 3. The van der Waals surface area contributed by atoms with E-state index >= 15 is 0 Å². The Morgan fingerprint density at radius 2 is 2.08 bits per heavy atom. The molecule has 0 aromatic carbocycles. The van der Waals surface area contributed by atoms with Crippen molar-refractivity contribution in [3.05, 3.63) is 24.0 Å². The molecule has 25 heavy (non-hydrogen) atoms. The van der Waals surface area contributed by atoms with Crippen LogP contribution >= 0.6 is 0 Å². The van der Waals surface area contributed by atoms with Crippen molar-refractivity contribution in [2.75, 3.05) is 19.7 Å². The van der Waals surface area contributed by atoms with Gasteiger partial charge in [0.15, 0.2) is 5.69 Å². The van der Waals surface area contributed by atoms with Crippen LogP contribution in [0.5, 0.6) is 5.75 Å². The Morgan fingerprint density at radius 1 is 1.36 bits per heavy atom. The van der Waals surface area contributed by atoms with Gasteiger partial charge in [0.1, 0.15) is 11.4 Å². The van der Waals surface area contributed by atoms with E-state index in [1.807, 2.05) is 0 Å². The predicted molar refractivity (Wildman–Crippen MR) is 85.3 cm³/mol.